The van der Waals surface area contributed by atoms with Gasteiger partial charge in [0.15, 0.2) is 17.5 Å². The molecule has 0 aliphatic carbocycles. The Morgan fingerprint density at radius 2 is 2.00 bits per heavy atom. The summed E-state index contributed by atoms with van der Waals surface area (Å²) in [5.74, 6) is 1.94. The van der Waals surface area contributed by atoms with Gasteiger partial charge in [0, 0.05) is 31.8 Å². The van der Waals surface area contributed by atoms with Gasteiger partial charge in [0.05, 0.1) is 17.3 Å². The highest BCUT2D eigenvalue weighted by atomic mass is 16.4. The maximum Gasteiger partial charge on any atom is 0.242 e. The second kappa shape index (κ2) is 4.80. The molecule has 3 heterocycles. The molecule has 0 bridgehead atoms. The molecule has 122 valence electrons. The van der Waals surface area contributed by atoms with Gasteiger partial charge in [0.1, 0.15) is 0 Å². The molecule has 1 aliphatic heterocycles. The Kier molecular flexibility index (Phi) is 2.94. The average Bonchev–Trinajstić information content (AvgIpc) is 3.20. The molecule has 0 N–H and O–H groups in total. The Hall–Kier alpha value is -2.89. The third-order valence-corrected chi connectivity index (χ3v) is 4.48. The summed E-state index contributed by atoms with van der Waals surface area (Å²) in [5, 5.41) is 4.40. The van der Waals surface area contributed by atoms with Crippen LogP contribution in [0.2, 0.25) is 0 Å². The normalized spacial score (nSPS) is 15.8. The van der Waals surface area contributed by atoms with Crippen molar-refractivity contribution in [1.29, 1.82) is 0 Å². The van der Waals surface area contributed by atoms with E-state index in [1.54, 1.807) is 15.8 Å². The fourth-order valence-electron chi connectivity index (χ4n) is 3.15. The molecule has 24 heavy (non-hydrogen) atoms. The van der Waals surface area contributed by atoms with Crippen molar-refractivity contribution in [3.63, 3.8) is 0 Å². The van der Waals surface area contributed by atoms with Crippen LogP contribution in [-0.2, 0) is 17.3 Å². The zero-order valence-electron chi connectivity index (χ0n) is 14.1. The molecule has 3 aromatic rings. The van der Waals surface area contributed by atoms with E-state index in [9.17, 15) is 4.79 Å². The van der Waals surface area contributed by atoms with Crippen LogP contribution in [0.3, 0.4) is 0 Å². The van der Waals surface area contributed by atoms with Gasteiger partial charge in [-0.2, -0.15) is 5.10 Å². The lowest BCUT2D eigenvalue weighted by atomic mass is 9.86. The van der Waals surface area contributed by atoms with Gasteiger partial charge in [-0.1, -0.05) is 12.1 Å². The van der Waals surface area contributed by atoms with Crippen LogP contribution >= 0.6 is 0 Å². The fraction of sp³-hybridized carbons (Fsp3) is 0.278. The van der Waals surface area contributed by atoms with E-state index in [1.165, 1.54) is 0 Å². The van der Waals surface area contributed by atoms with Crippen LogP contribution in [0.1, 0.15) is 25.3 Å². The van der Waals surface area contributed by atoms with Crippen LogP contribution in [0.5, 0.6) is 0 Å². The summed E-state index contributed by atoms with van der Waals surface area (Å²) in [6, 6.07) is 7.77. The lowest BCUT2D eigenvalue weighted by Gasteiger charge is -2.18. The van der Waals surface area contributed by atoms with E-state index in [-0.39, 0.29) is 5.91 Å². The minimum absolute atomic E-state index is 0.0158. The van der Waals surface area contributed by atoms with Crippen molar-refractivity contribution in [3.05, 3.63) is 48.1 Å². The monoisotopic (exact) mass is 322 g/mol. The van der Waals surface area contributed by atoms with E-state index in [0.29, 0.717) is 17.5 Å². The molecule has 2 aromatic heterocycles. The number of aromatic nitrogens is 3. The number of carbonyl (C=O) groups is 1. The highest BCUT2D eigenvalue weighted by Crippen LogP contribution is 2.46. The molecule has 0 radical (unpaired) electrons. The summed E-state index contributed by atoms with van der Waals surface area (Å²) >= 11 is 0. The first-order chi connectivity index (χ1) is 11.4. The van der Waals surface area contributed by atoms with Crippen molar-refractivity contribution in [1.82, 2.24) is 14.8 Å². The summed E-state index contributed by atoms with van der Waals surface area (Å²) < 4.78 is 7.31. The molecular weight excluding hydrogens is 304 g/mol. The van der Waals surface area contributed by atoms with Gasteiger partial charge in [0.25, 0.3) is 0 Å². The fourth-order valence-corrected chi connectivity index (χ4v) is 3.15. The van der Waals surface area contributed by atoms with Gasteiger partial charge in [-0.25, -0.2) is 4.98 Å². The quantitative estimate of drug-likeness (QED) is 0.726. The predicted octanol–water partition coefficient (Wildman–Crippen LogP) is 3.34. The number of benzene rings is 1. The summed E-state index contributed by atoms with van der Waals surface area (Å²) in [6.45, 7) is 5.69. The number of nitrogens with zero attached hydrogens (tertiary/aromatic N) is 4. The first-order valence-electron chi connectivity index (χ1n) is 7.79. The highest BCUT2D eigenvalue weighted by molar-refractivity contribution is 6.12. The largest absolute Gasteiger partial charge is 0.441 e. The predicted molar refractivity (Wildman–Crippen MR) is 90.1 cm³/mol. The smallest absolute Gasteiger partial charge is 0.242 e. The number of amides is 1. The second-order valence-electron chi connectivity index (χ2n) is 6.59. The van der Waals surface area contributed by atoms with Gasteiger partial charge < -0.3 is 4.42 Å². The minimum atomic E-state index is -0.595. The Bertz CT molecular complexity index is 952. The Balaban J connectivity index is 1.90. The molecule has 0 atom stereocenters. The van der Waals surface area contributed by atoms with Crippen LogP contribution in [0.25, 0.3) is 11.3 Å². The molecule has 0 saturated heterocycles. The number of fused-ring (bicyclic) bond motifs is 1. The van der Waals surface area contributed by atoms with Crippen molar-refractivity contribution in [2.75, 3.05) is 4.90 Å². The highest BCUT2D eigenvalue weighted by Gasteiger charge is 2.45. The first kappa shape index (κ1) is 14.7. The van der Waals surface area contributed by atoms with Gasteiger partial charge in [0.2, 0.25) is 5.91 Å². The molecule has 6 heteroatoms. The topological polar surface area (TPSA) is 64.2 Å². The van der Waals surface area contributed by atoms with Gasteiger partial charge in [-0.15, -0.1) is 0 Å². The molecule has 1 aromatic carbocycles. The van der Waals surface area contributed by atoms with E-state index in [0.717, 1.165) is 16.8 Å². The standard InChI is InChI=1S/C18H18N4O2/c1-11-19-10-15(24-11)12-5-6-13-14(9-12)22(17(23)18(13,2)3)16-7-8-21(4)20-16/h5-10H,1-4H3. The van der Waals surface area contributed by atoms with E-state index in [1.807, 2.05) is 58.3 Å². The van der Waals surface area contributed by atoms with Crippen molar-refractivity contribution in [2.24, 2.45) is 7.05 Å². The molecule has 1 amide bonds. The maximum absolute atomic E-state index is 13.0. The summed E-state index contributed by atoms with van der Waals surface area (Å²) in [4.78, 5) is 18.8. The van der Waals surface area contributed by atoms with E-state index in [4.69, 9.17) is 4.42 Å². The molecule has 0 spiro atoms. The van der Waals surface area contributed by atoms with Gasteiger partial charge in [-0.3, -0.25) is 14.4 Å². The average molecular weight is 322 g/mol. The molecular formula is C18H18N4O2. The Labute approximate surface area is 139 Å². The van der Waals surface area contributed by atoms with Gasteiger partial charge in [-0.05, 0) is 25.5 Å². The maximum atomic E-state index is 13.0. The third kappa shape index (κ3) is 1.99. The first-order valence-corrected chi connectivity index (χ1v) is 7.79. The lowest BCUT2D eigenvalue weighted by Crippen LogP contribution is -2.33. The van der Waals surface area contributed by atoms with Gasteiger partial charge >= 0.3 is 0 Å². The SMILES string of the molecule is Cc1ncc(-c2ccc3c(c2)N(c2ccn(C)n2)C(=O)C3(C)C)o1. The lowest BCUT2D eigenvalue weighted by molar-refractivity contribution is -0.121. The van der Waals surface area contributed by atoms with Crippen molar-refractivity contribution in [2.45, 2.75) is 26.2 Å². The number of aryl methyl sites for hydroxylation is 2. The number of oxazole rings is 1. The van der Waals surface area contributed by atoms with Crippen LogP contribution in [0, 0.1) is 6.92 Å². The van der Waals surface area contributed by atoms with Crippen molar-refractivity contribution in [3.8, 4) is 11.3 Å². The Morgan fingerprint density at radius 3 is 2.62 bits per heavy atom. The molecule has 0 fully saturated rings. The molecule has 1 aliphatic rings. The van der Waals surface area contributed by atoms with E-state index in [2.05, 4.69) is 10.1 Å². The van der Waals surface area contributed by atoms with Crippen LogP contribution in [0.15, 0.2) is 41.1 Å². The second-order valence-corrected chi connectivity index (χ2v) is 6.59. The molecule has 6 nitrogen and oxygen atoms in total. The summed E-state index contributed by atoms with van der Waals surface area (Å²) in [7, 11) is 1.84. The third-order valence-electron chi connectivity index (χ3n) is 4.48. The van der Waals surface area contributed by atoms with Crippen molar-refractivity contribution >= 4 is 17.4 Å². The van der Waals surface area contributed by atoms with E-state index < -0.39 is 5.41 Å². The minimum Gasteiger partial charge on any atom is -0.441 e. The van der Waals surface area contributed by atoms with Crippen molar-refractivity contribution < 1.29 is 9.21 Å². The van der Waals surface area contributed by atoms with E-state index >= 15 is 0 Å². The molecule has 0 unspecified atom stereocenters. The molecule has 4 rings (SSSR count). The Morgan fingerprint density at radius 1 is 1.21 bits per heavy atom. The zero-order chi connectivity index (χ0) is 17.1. The number of hydrogen-bond donors (Lipinski definition) is 0. The number of hydrogen-bond acceptors (Lipinski definition) is 4. The molecule has 0 saturated carbocycles. The number of carbonyl (C=O) groups excluding carboxylic acids is 1. The zero-order valence-corrected chi connectivity index (χ0v) is 14.1. The summed E-state index contributed by atoms with van der Waals surface area (Å²) in [5.41, 5.74) is 2.12. The van der Waals surface area contributed by atoms with Crippen LogP contribution in [0.4, 0.5) is 11.5 Å². The number of anilines is 2. The summed E-state index contributed by atoms with van der Waals surface area (Å²) in [6.07, 6.45) is 3.53. The van der Waals surface area contributed by atoms with Crippen LogP contribution in [-0.4, -0.2) is 20.7 Å². The van der Waals surface area contributed by atoms with Crippen LogP contribution < -0.4 is 4.90 Å². The number of rotatable bonds is 2.